The van der Waals surface area contributed by atoms with Crippen LogP contribution < -0.4 is 5.32 Å². The van der Waals surface area contributed by atoms with Gasteiger partial charge in [0.15, 0.2) is 0 Å². The lowest BCUT2D eigenvalue weighted by molar-refractivity contribution is 0.102. The number of aryl methyl sites for hydroxylation is 1. The highest BCUT2D eigenvalue weighted by atomic mass is 35.5. The Labute approximate surface area is 140 Å². The highest BCUT2D eigenvalue weighted by Crippen LogP contribution is 2.21. The van der Waals surface area contributed by atoms with E-state index in [1.807, 2.05) is 6.92 Å². The van der Waals surface area contributed by atoms with Crippen LogP contribution in [0.3, 0.4) is 0 Å². The fourth-order valence-electron chi connectivity index (χ4n) is 1.95. The highest BCUT2D eigenvalue weighted by molar-refractivity contribution is 7.89. The minimum atomic E-state index is -3.50. The zero-order valence-corrected chi connectivity index (χ0v) is 14.6. The number of amides is 1. The predicted octanol–water partition coefficient (Wildman–Crippen LogP) is 3.15. The van der Waals surface area contributed by atoms with Gasteiger partial charge in [0, 0.05) is 30.4 Å². The number of nitrogens with one attached hydrogen (secondary N) is 1. The van der Waals surface area contributed by atoms with Crippen LogP contribution in [0, 0.1) is 6.92 Å². The Hall–Kier alpha value is -1.89. The van der Waals surface area contributed by atoms with Crippen molar-refractivity contribution < 1.29 is 13.2 Å². The third-order valence-electron chi connectivity index (χ3n) is 3.33. The fourth-order valence-corrected chi connectivity index (χ4v) is 3.08. The largest absolute Gasteiger partial charge is 0.322 e. The van der Waals surface area contributed by atoms with Crippen LogP contribution in [0.1, 0.15) is 15.9 Å². The summed E-state index contributed by atoms with van der Waals surface area (Å²) >= 11 is 5.88. The summed E-state index contributed by atoms with van der Waals surface area (Å²) in [4.78, 5) is 12.4. The van der Waals surface area contributed by atoms with Gasteiger partial charge in [0.05, 0.1) is 4.90 Å². The molecule has 5 nitrogen and oxygen atoms in total. The second-order valence-corrected chi connectivity index (χ2v) is 7.81. The first-order valence-electron chi connectivity index (χ1n) is 6.82. The van der Waals surface area contributed by atoms with Gasteiger partial charge in [-0.05, 0) is 55.0 Å². The van der Waals surface area contributed by atoms with Crippen molar-refractivity contribution in [3.05, 3.63) is 58.6 Å². The number of carbonyl (C=O) groups excluding carboxylic acids is 1. The smallest absolute Gasteiger partial charge is 0.255 e. The normalized spacial score (nSPS) is 11.5. The first-order chi connectivity index (χ1) is 10.7. The van der Waals surface area contributed by atoms with E-state index in [-0.39, 0.29) is 10.8 Å². The van der Waals surface area contributed by atoms with Gasteiger partial charge in [-0.25, -0.2) is 12.7 Å². The van der Waals surface area contributed by atoms with Crippen LogP contribution in [-0.2, 0) is 10.0 Å². The molecule has 0 heterocycles. The van der Waals surface area contributed by atoms with E-state index in [2.05, 4.69) is 5.32 Å². The summed E-state index contributed by atoms with van der Waals surface area (Å²) in [6.45, 7) is 1.84. The molecule has 122 valence electrons. The van der Waals surface area contributed by atoms with E-state index in [1.165, 1.54) is 38.4 Å². The Bertz CT molecular complexity index is 831. The number of halogens is 1. The third-order valence-corrected chi connectivity index (χ3v) is 5.40. The molecule has 0 radical (unpaired) electrons. The number of hydrogen-bond donors (Lipinski definition) is 1. The minimum Gasteiger partial charge on any atom is -0.322 e. The molecule has 0 spiro atoms. The topological polar surface area (TPSA) is 66.5 Å². The molecule has 0 bridgehead atoms. The first kappa shape index (κ1) is 17.5. The Balaban J connectivity index is 2.21. The number of rotatable bonds is 4. The van der Waals surface area contributed by atoms with Crippen molar-refractivity contribution in [1.29, 1.82) is 0 Å². The van der Waals surface area contributed by atoms with E-state index in [0.29, 0.717) is 16.3 Å². The maximum absolute atomic E-state index is 12.2. The average molecular weight is 353 g/mol. The quantitative estimate of drug-likeness (QED) is 0.919. The maximum atomic E-state index is 12.2. The van der Waals surface area contributed by atoms with E-state index in [1.54, 1.807) is 18.2 Å². The summed E-state index contributed by atoms with van der Waals surface area (Å²) in [7, 11) is -0.588. The van der Waals surface area contributed by atoms with Crippen LogP contribution in [0.5, 0.6) is 0 Å². The molecule has 1 amide bonds. The van der Waals surface area contributed by atoms with Crippen molar-refractivity contribution in [2.24, 2.45) is 0 Å². The first-order valence-corrected chi connectivity index (χ1v) is 8.63. The molecule has 0 aliphatic heterocycles. The molecule has 0 atom stereocenters. The van der Waals surface area contributed by atoms with Crippen molar-refractivity contribution >= 4 is 33.2 Å². The molecule has 0 aromatic heterocycles. The van der Waals surface area contributed by atoms with Crippen molar-refractivity contribution in [2.75, 3.05) is 19.4 Å². The Morgan fingerprint density at radius 1 is 1.09 bits per heavy atom. The summed E-state index contributed by atoms with van der Waals surface area (Å²) in [5.74, 6) is -0.316. The Morgan fingerprint density at radius 3 is 2.22 bits per heavy atom. The van der Waals surface area contributed by atoms with Gasteiger partial charge in [0.1, 0.15) is 0 Å². The van der Waals surface area contributed by atoms with Crippen molar-refractivity contribution in [3.8, 4) is 0 Å². The number of anilines is 1. The van der Waals surface area contributed by atoms with Crippen LogP contribution in [0.15, 0.2) is 47.4 Å². The predicted molar refractivity (Wildman–Crippen MR) is 91.5 cm³/mol. The fraction of sp³-hybridized carbons (Fsp3) is 0.188. The van der Waals surface area contributed by atoms with Crippen LogP contribution in [0.25, 0.3) is 0 Å². The van der Waals surface area contributed by atoms with E-state index in [4.69, 9.17) is 11.6 Å². The summed E-state index contributed by atoms with van der Waals surface area (Å²) in [5.41, 5.74) is 1.87. The second kappa shape index (κ2) is 6.70. The standard InChI is InChI=1S/C16H17ClN2O3S/c1-11-10-13(17)6-9-15(11)18-16(20)12-4-7-14(8-5-12)23(21,22)19(2)3/h4-10H,1-3H3,(H,18,20). The summed E-state index contributed by atoms with van der Waals surface area (Å²) in [6.07, 6.45) is 0. The molecule has 0 saturated heterocycles. The van der Waals surface area contributed by atoms with Crippen molar-refractivity contribution in [2.45, 2.75) is 11.8 Å². The van der Waals surface area contributed by atoms with Gasteiger partial charge in [0.25, 0.3) is 5.91 Å². The SMILES string of the molecule is Cc1cc(Cl)ccc1NC(=O)c1ccc(S(=O)(=O)N(C)C)cc1. The van der Waals surface area contributed by atoms with Gasteiger partial charge in [-0.15, -0.1) is 0 Å². The van der Waals surface area contributed by atoms with Gasteiger partial charge in [-0.1, -0.05) is 11.6 Å². The van der Waals surface area contributed by atoms with Crippen LogP contribution in [-0.4, -0.2) is 32.7 Å². The average Bonchev–Trinajstić information content (AvgIpc) is 2.50. The number of benzene rings is 2. The van der Waals surface area contributed by atoms with E-state index < -0.39 is 10.0 Å². The van der Waals surface area contributed by atoms with Gasteiger partial charge in [-0.3, -0.25) is 4.79 Å². The Morgan fingerprint density at radius 2 is 1.70 bits per heavy atom. The zero-order valence-electron chi connectivity index (χ0n) is 13.0. The molecule has 0 fully saturated rings. The van der Waals surface area contributed by atoms with Gasteiger partial charge >= 0.3 is 0 Å². The molecule has 23 heavy (non-hydrogen) atoms. The molecule has 0 saturated carbocycles. The minimum absolute atomic E-state index is 0.140. The molecular weight excluding hydrogens is 336 g/mol. The number of nitrogens with zero attached hydrogens (tertiary/aromatic N) is 1. The lowest BCUT2D eigenvalue weighted by Crippen LogP contribution is -2.22. The zero-order chi connectivity index (χ0) is 17.2. The molecule has 2 rings (SSSR count). The molecule has 2 aromatic rings. The van der Waals surface area contributed by atoms with E-state index >= 15 is 0 Å². The third kappa shape index (κ3) is 3.90. The van der Waals surface area contributed by atoms with Gasteiger partial charge < -0.3 is 5.32 Å². The van der Waals surface area contributed by atoms with E-state index in [9.17, 15) is 13.2 Å². The number of sulfonamides is 1. The molecular formula is C16H17ClN2O3S. The summed E-state index contributed by atoms with van der Waals surface area (Å²) in [6, 6.07) is 11.0. The van der Waals surface area contributed by atoms with Crippen LogP contribution >= 0.6 is 11.6 Å². The number of hydrogen-bond acceptors (Lipinski definition) is 3. The highest BCUT2D eigenvalue weighted by Gasteiger charge is 2.17. The Kier molecular flexibility index (Phi) is 5.09. The number of carbonyl (C=O) groups is 1. The summed E-state index contributed by atoms with van der Waals surface area (Å²) in [5, 5.41) is 3.37. The molecule has 0 aliphatic carbocycles. The molecule has 7 heteroatoms. The van der Waals surface area contributed by atoms with E-state index in [0.717, 1.165) is 9.87 Å². The molecule has 2 aromatic carbocycles. The van der Waals surface area contributed by atoms with Crippen LogP contribution in [0.4, 0.5) is 5.69 Å². The van der Waals surface area contributed by atoms with Gasteiger partial charge in [-0.2, -0.15) is 0 Å². The molecule has 0 aliphatic rings. The van der Waals surface area contributed by atoms with Crippen LogP contribution in [0.2, 0.25) is 5.02 Å². The lowest BCUT2D eigenvalue weighted by Gasteiger charge is -2.12. The van der Waals surface area contributed by atoms with Gasteiger partial charge in [0.2, 0.25) is 10.0 Å². The maximum Gasteiger partial charge on any atom is 0.255 e. The van der Waals surface area contributed by atoms with Crippen molar-refractivity contribution in [3.63, 3.8) is 0 Å². The lowest BCUT2D eigenvalue weighted by atomic mass is 10.1. The second-order valence-electron chi connectivity index (χ2n) is 5.23. The monoisotopic (exact) mass is 352 g/mol. The molecule has 0 unspecified atom stereocenters. The summed E-state index contributed by atoms with van der Waals surface area (Å²) < 4.78 is 25.1. The van der Waals surface area contributed by atoms with Crippen molar-refractivity contribution in [1.82, 2.24) is 4.31 Å². The molecule has 1 N–H and O–H groups in total.